The van der Waals surface area contributed by atoms with E-state index in [1.54, 1.807) is 0 Å². The number of anilines is 1. The van der Waals surface area contributed by atoms with Gasteiger partial charge in [-0.1, -0.05) is 0 Å². The van der Waals surface area contributed by atoms with Crippen molar-refractivity contribution < 1.29 is 4.79 Å². The first kappa shape index (κ1) is 16.5. The molecular weight excluding hydrogens is 310 g/mol. The number of aromatic nitrogens is 2. The van der Waals surface area contributed by atoms with Crippen molar-refractivity contribution >= 4 is 23.5 Å². The van der Waals surface area contributed by atoms with Crippen LogP contribution in [-0.2, 0) is 7.05 Å². The van der Waals surface area contributed by atoms with Crippen LogP contribution in [-0.4, -0.2) is 63.4 Å². The van der Waals surface area contributed by atoms with Gasteiger partial charge in [0.1, 0.15) is 0 Å². The van der Waals surface area contributed by atoms with Crippen LogP contribution in [0.3, 0.4) is 0 Å². The van der Waals surface area contributed by atoms with Gasteiger partial charge in [-0.2, -0.15) is 16.9 Å². The number of aryl methyl sites for hydroxylation is 1. The minimum atomic E-state index is 0.0939. The van der Waals surface area contributed by atoms with Crippen molar-refractivity contribution in [2.24, 2.45) is 7.05 Å². The summed E-state index contributed by atoms with van der Waals surface area (Å²) < 4.78 is 1.98. The largest absolute Gasteiger partial charge is 0.367 e. The Hall–Kier alpha value is -1.37. The highest BCUT2D eigenvalue weighted by molar-refractivity contribution is 8.00. The standard InChI is InChI=1S/C16H27N5OS/c1-16(2)12-21(7-8-23-16)15(22)18-13-5-4-6-20(10-13)14-9-17-19(3)11-14/h9,11,13H,4-8,10,12H2,1-3H3,(H,18,22)/t13-/m1/s1. The van der Waals surface area contributed by atoms with Gasteiger partial charge >= 0.3 is 6.03 Å². The van der Waals surface area contributed by atoms with Gasteiger partial charge in [0.25, 0.3) is 0 Å². The van der Waals surface area contributed by atoms with Crippen LogP contribution in [0.5, 0.6) is 0 Å². The summed E-state index contributed by atoms with van der Waals surface area (Å²) in [5.41, 5.74) is 1.14. The van der Waals surface area contributed by atoms with Crippen molar-refractivity contribution in [2.45, 2.75) is 37.5 Å². The Morgan fingerprint density at radius 1 is 1.43 bits per heavy atom. The number of amides is 2. The Labute approximate surface area is 142 Å². The molecule has 0 aromatic carbocycles. The number of carbonyl (C=O) groups is 1. The molecule has 1 N–H and O–H groups in total. The second-order valence-corrected chi connectivity index (χ2v) is 8.94. The number of urea groups is 1. The van der Waals surface area contributed by atoms with E-state index in [0.717, 1.165) is 50.5 Å². The van der Waals surface area contributed by atoms with Gasteiger partial charge in [-0.25, -0.2) is 4.79 Å². The van der Waals surface area contributed by atoms with Crippen molar-refractivity contribution in [1.29, 1.82) is 0 Å². The molecule has 1 aromatic heterocycles. The predicted molar refractivity (Wildman–Crippen MR) is 95.1 cm³/mol. The fraction of sp³-hybridized carbons (Fsp3) is 0.750. The summed E-state index contributed by atoms with van der Waals surface area (Å²) in [5, 5.41) is 7.49. The Balaban J connectivity index is 1.56. The summed E-state index contributed by atoms with van der Waals surface area (Å²) in [6.07, 6.45) is 6.08. The first-order chi connectivity index (χ1) is 10.9. The molecule has 3 rings (SSSR count). The van der Waals surface area contributed by atoms with Gasteiger partial charge in [0.05, 0.1) is 11.9 Å². The van der Waals surface area contributed by atoms with Gasteiger partial charge < -0.3 is 15.1 Å². The Morgan fingerprint density at radius 2 is 2.26 bits per heavy atom. The molecule has 3 heterocycles. The molecule has 2 aliphatic heterocycles. The molecule has 23 heavy (non-hydrogen) atoms. The highest BCUT2D eigenvalue weighted by Gasteiger charge is 2.31. The minimum Gasteiger partial charge on any atom is -0.367 e. The highest BCUT2D eigenvalue weighted by atomic mass is 32.2. The lowest BCUT2D eigenvalue weighted by Crippen LogP contribution is -2.55. The fourth-order valence-electron chi connectivity index (χ4n) is 3.36. The Bertz CT molecular complexity index is 558. The summed E-state index contributed by atoms with van der Waals surface area (Å²) in [5.74, 6) is 1.02. The van der Waals surface area contributed by atoms with Gasteiger partial charge in [0, 0.05) is 56.0 Å². The van der Waals surface area contributed by atoms with Gasteiger partial charge in [0.15, 0.2) is 0 Å². The molecular formula is C16H27N5OS. The van der Waals surface area contributed by atoms with E-state index in [1.807, 2.05) is 40.8 Å². The van der Waals surface area contributed by atoms with E-state index in [0.29, 0.717) is 0 Å². The lowest BCUT2D eigenvalue weighted by molar-refractivity contribution is 0.189. The van der Waals surface area contributed by atoms with Crippen LogP contribution in [0.2, 0.25) is 0 Å². The monoisotopic (exact) mass is 337 g/mol. The second-order valence-electron chi connectivity index (χ2n) is 7.14. The molecule has 2 aliphatic rings. The molecule has 128 valence electrons. The van der Waals surface area contributed by atoms with Gasteiger partial charge in [-0.15, -0.1) is 0 Å². The summed E-state index contributed by atoms with van der Waals surface area (Å²) >= 11 is 1.95. The SMILES string of the molecule is Cn1cc(N2CCC[C@@H](NC(=O)N3CCSC(C)(C)C3)C2)cn1. The second kappa shape index (κ2) is 6.63. The first-order valence-corrected chi connectivity index (χ1v) is 9.34. The third-order valence-electron chi connectivity index (χ3n) is 4.52. The molecule has 2 fully saturated rings. The van der Waals surface area contributed by atoms with E-state index in [4.69, 9.17) is 0 Å². The molecule has 0 unspecified atom stereocenters. The van der Waals surface area contributed by atoms with Crippen LogP contribution >= 0.6 is 11.8 Å². The Morgan fingerprint density at radius 3 is 2.96 bits per heavy atom. The third kappa shape index (κ3) is 4.13. The zero-order valence-electron chi connectivity index (χ0n) is 14.3. The molecule has 0 bridgehead atoms. The zero-order chi connectivity index (χ0) is 16.4. The quantitative estimate of drug-likeness (QED) is 0.896. The number of nitrogens with one attached hydrogen (secondary N) is 1. The van der Waals surface area contributed by atoms with E-state index < -0.39 is 0 Å². The average molecular weight is 337 g/mol. The predicted octanol–water partition coefficient (Wildman–Crippen LogP) is 1.93. The lowest BCUT2D eigenvalue weighted by atomic mass is 10.1. The maximum Gasteiger partial charge on any atom is 0.317 e. The third-order valence-corrected chi connectivity index (χ3v) is 5.82. The van der Waals surface area contributed by atoms with Crippen LogP contribution in [0.1, 0.15) is 26.7 Å². The summed E-state index contributed by atoms with van der Waals surface area (Å²) in [6.45, 7) is 7.99. The number of rotatable bonds is 2. The maximum absolute atomic E-state index is 12.6. The number of nitrogens with zero attached hydrogens (tertiary/aromatic N) is 4. The van der Waals surface area contributed by atoms with E-state index in [9.17, 15) is 4.79 Å². The summed E-state index contributed by atoms with van der Waals surface area (Å²) in [4.78, 5) is 16.9. The van der Waals surface area contributed by atoms with Crippen LogP contribution < -0.4 is 10.2 Å². The lowest BCUT2D eigenvalue weighted by Gasteiger charge is -2.39. The zero-order valence-corrected chi connectivity index (χ0v) is 15.1. The van der Waals surface area contributed by atoms with Gasteiger partial charge in [0.2, 0.25) is 0 Å². The molecule has 0 radical (unpaired) electrons. The number of piperidine rings is 1. The van der Waals surface area contributed by atoms with Crippen molar-refractivity contribution in [1.82, 2.24) is 20.0 Å². The summed E-state index contributed by atoms with van der Waals surface area (Å²) in [6, 6.07) is 0.311. The van der Waals surface area contributed by atoms with Crippen LogP contribution in [0, 0.1) is 0 Å². The Kier molecular flexibility index (Phi) is 4.75. The molecule has 0 saturated carbocycles. The van der Waals surface area contributed by atoms with Crippen LogP contribution in [0.4, 0.5) is 10.5 Å². The molecule has 0 aliphatic carbocycles. The molecule has 1 atom stereocenters. The van der Waals surface area contributed by atoms with Crippen molar-refractivity contribution in [3.63, 3.8) is 0 Å². The molecule has 2 amide bonds. The van der Waals surface area contributed by atoms with Crippen molar-refractivity contribution in [3.05, 3.63) is 12.4 Å². The minimum absolute atomic E-state index is 0.0939. The number of hydrogen-bond donors (Lipinski definition) is 1. The normalized spacial score (nSPS) is 24.6. The van der Waals surface area contributed by atoms with E-state index in [2.05, 4.69) is 29.2 Å². The number of hydrogen-bond acceptors (Lipinski definition) is 4. The number of thioether (sulfide) groups is 1. The van der Waals surface area contributed by atoms with E-state index in [-0.39, 0.29) is 16.8 Å². The first-order valence-electron chi connectivity index (χ1n) is 8.36. The van der Waals surface area contributed by atoms with Crippen LogP contribution in [0.25, 0.3) is 0 Å². The molecule has 2 saturated heterocycles. The van der Waals surface area contributed by atoms with E-state index >= 15 is 0 Å². The van der Waals surface area contributed by atoms with Crippen LogP contribution in [0.15, 0.2) is 12.4 Å². The maximum atomic E-state index is 12.6. The summed E-state index contributed by atoms with van der Waals surface area (Å²) in [7, 11) is 1.93. The average Bonchev–Trinajstić information content (AvgIpc) is 2.93. The number of carbonyl (C=O) groups excluding carboxylic acids is 1. The van der Waals surface area contributed by atoms with Crippen molar-refractivity contribution in [3.8, 4) is 0 Å². The topological polar surface area (TPSA) is 53.4 Å². The van der Waals surface area contributed by atoms with Gasteiger partial charge in [-0.05, 0) is 26.7 Å². The molecule has 0 spiro atoms. The molecule has 7 heteroatoms. The molecule has 6 nitrogen and oxygen atoms in total. The fourth-order valence-corrected chi connectivity index (χ4v) is 4.47. The van der Waals surface area contributed by atoms with Gasteiger partial charge in [-0.3, -0.25) is 4.68 Å². The van der Waals surface area contributed by atoms with E-state index in [1.165, 1.54) is 0 Å². The van der Waals surface area contributed by atoms with Crippen molar-refractivity contribution in [2.75, 3.05) is 36.8 Å². The smallest absolute Gasteiger partial charge is 0.317 e. The highest BCUT2D eigenvalue weighted by Crippen LogP contribution is 2.29. The molecule has 1 aromatic rings.